The highest BCUT2D eigenvalue weighted by atomic mass is 16.2. The van der Waals surface area contributed by atoms with Crippen molar-refractivity contribution in [1.29, 1.82) is 0 Å². The first-order valence-corrected chi connectivity index (χ1v) is 6.49. The number of rotatable bonds is 4. The summed E-state index contributed by atoms with van der Waals surface area (Å²) in [5.41, 5.74) is 8.32. The average molecular weight is 261 g/mol. The molecule has 19 heavy (non-hydrogen) atoms. The third-order valence-corrected chi connectivity index (χ3v) is 3.33. The van der Waals surface area contributed by atoms with E-state index in [0.29, 0.717) is 18.5 Å². The van der Waals surface area contributed by atoms with Crippen LogP contribution in [0.2, 0.25) is 0 Å². The SMILES string of the molecule is CNCCc1ccc2c(c1)CCC(=O)N2C(=O)CN. The average Bonchev–Trinajstić information content (AvgIpc) is 2.44. The lowest BCUT2D eigenvalue weighted by Crippen LogP contribution is -2.43. The number of aryl methyl sites for hydroxylation is 1. The molecule has 1 aromatic carbocycles. The molecule has 2 amide bonds. The summed E-state index contributed by atoms with van der Waals surface area (Å²) < 4.78 is 0. The standard InChI is InChI=1S/C14H19N3O2/c1-16-7-6-10-2-4-12-11(8-10)3-5-13(18)17(12)14(19)9-15/h2,4,8,16H,3,5-7,9,15H2,1H3. The monoisotopic (exact) mass is 261 g/mol. The molecule has 1 heterocycles. The zero-order chi connectivity index (χ0) is 13.8. The summed E-state index contributed by atoms with van der Waals surface area (Å²) in [6.07, 6.45) is 1.99. The molecule has 5 nitrogen and oxygen atoms in total. The van der Waals surface area contributed by atoms with Crippen LogP contribution in [0.4, 0.5) is 5.69 Å². The van der Waals surface area contributed by atoms with Crippen LogP contribution in [0.1, 0.15) is 17.5 Å². The Morgan fingerprint density at radius 1 is 1.42 bits per heavy atom. The Balaban J connectivity index is 2.30. The van der Waals surface area contributed by atoms with E-state index in [1.807, 2.05) is 19.2 Å². The quantitative estimate of drug-likeness (QED) is 0.812. The lowest BCUT2D eigenvalue weighted by atomic mass is 9.97. The lowest BCUT2D eigenvalue weighted by molar-refractivity contribution is -0.126. The van der Waals surface area contributed by atoms with Gasteiger partial charge in [-0.1, -0.05) is 12.1 Å². The van der Waals surface area contributed by atoms with Gasteiger partial charge in [0.2, 0.25) is 11.8 Å². The number of hydrogen-bond donors (Lipinski definition) is 2. The van der Waals surface area contributed by atoms with Gasteiger partial charge in [-0.05, 0) is 43.6 Å². The molecule has 0 aromatic heterocycles. The maximum atomic E-state index is 11.9. The Bertz CT molecular complexity index is 499. The molecule has 0 fully saturated rings. The molecule has 0 unspecified atom stereocenters. The van der Waals surface area contributed by atoms with Crippen molar-refractivity contribution in [2.45, 2.75) is 19.3 Å². The highest BCUT2D eigenvalue weighted by Crippen LogP contribution is 2.28. The third kappa shape index (κ3) is 2.83. The molecule has 1 aromatic rings. The van der Waals surface area contributed by atoms with E-state index >= 15 is 0 Å². The fourth-order valence-corrected chi connectivity index (χ4v) is 2.33. The molecule has 5 heteroatoms. The molecule has 0 saturated carbocycles. The van der Waals surface area contributed by atoms with Crippen molar-refractivity contribution in [2.24, 2.45) is 5.73 Å². The molecule has 0 spiro atoms. The van der Waals surface area contributed by atoms with Crippen molar-refractivity contribution in [3.05, 3.63) is 29.3 Å². The van der Waals surface area contributed by atoms with Crippen LogP contribution in [0, 0.1) is 0 Å². The van der Waals surface area contributed by atoms with Crippen LogP contribution in [0.3, 0.4) is 0 Å². The summed E-state index contributed by atoms with van der Waals surface area (Å²) >= 11 is 0. The Labute approximate surface area is 112 Å². The Morgan fingerprint density at radius 3 is 2.89 bits per heavy atom. The summed E-state index contributed by atoms with van der Waals surface area (Å²) in [5.74, 6) is -0.500. The van der Waals surface area contributed by atoms with E-state index in [4.69, 9.17) is 5.73 Å². The van der Waals surface area contributed by atoms with Gasteiger partial charge in [0.15, 0.2) is 0 Å². The topological polar surface area (TPSA) is 75.4 Å². The molecule has 102 valence electrons. The Hall–Kier alpha value is -1.72. The van der Waals surface area contributed by atoms with Gasteiger partial charge in [-0.25, -0.2) is 4.90 Å². The number of nitrogens with two attached hydrogens (primary N) is 1. The summed E-state index contributed by atoms with van der Waals surface area (Å²) in [6.45, 7) is 0.760. The molecule has 0 atom stereocenters. The van der Waals surface area contributed by atoms with Crippen LogP contribution >= 0.6 is 0 Å². The number of nitrogens with zero attached hydrogens (tertiary/aromatic N) is 1. The van der Waals surface area contributed by atoms with E-state index in [9.17, 15) is 9.59 Å². The minimum absolute atomic E-state index is 0.146. The second kappa shape index (κ2) is 5.95. The maximum absolute atomic E-state index is 11.9. The predicted octanol–water partition coefficient (Wildman–Crippen LogP) is 0.213. The lowest BCUT2D eigenvalue weighted by Gasteiger charge is -2.27. The van der Waals surface area contributed by atoms with Crippen molar-refractivity contribution in [2.75, 3.05) is 25.0 Å². The summed E-state index contributed by atoms with van der Waals surface area (Å²) in [7, 11) is 1.92. The van der Waals surface area contributed by atoms with Crippen molar-refractivity contribution in [3.63, 3.8) is 0 Å². The summed E-state index contributed by atoms with van der Waals surface area (Å²) in [4.78, 5) is 24.8. The zero-order valence-corrected chi connectivity index (χ0v) is 11.1. The number of imide groups is 1. The minimum atomic E-state index is -0.339. The number of benzene rings is 1. The van der Waals surface area contributed by atoms with E-state index in [2.05, 4.69) is 11.4 Å². The van der Waals surface area contributed by atoms with Gasteiger partial charge < -0.3 is 11.1 Å². The second-order valence-electron chi connectivity index (χ2n) is 4.64. The maximum Gasteiger partial charge on any atom is 0.247 e. The number of carbonyl (C=O) groups is 2. The molecule has 3 N–H and O–H groups in total. The number of hydrogen-bond acceptors (Lipinski definition) is 4. The summed E-state index contributed by atoms with van der Waals surface area (Å²) in [6, 6.07) is 5.90. The van der Waals surface area contributed by atoms with Gasteiger partial charge in [0.05, 0.1) is 12.2 Å². The number of nitrogens with one attached hydrogen (secondary N) is 1. The van der Waals surface area contributed by atoms with Gasteiger partial charge in [0.1, 0.15) is 0 Å². The van der Waals surface area contributed by atoms with Crippen molar-refractivity contribution in [3.8, 4) is 0 Å². The first-order valence-electron chi connectivity index (χ1n) is 6.49. The number of anilines is 1. The number of likely N-dealkylation sites (N-methyl/N-ethyl adjacent to an activating group) is 1. The van der Waals surface area contributed by atoms with Gasteiger partial charge in [0.25, 0.3) is 0 Å². The van der Waals surface area contributed by atoms with E-state index in [0.717, 1.165) is 18.5 Å². The molecule has 1 aliphatic heterocycles. The predicted molar refractivity (Wildman–Crippen MR) is 73.9 cm³/mol. The first-order chi connectivity index (χ1) is 9.17. The van der Waals surface area contributed by atoms with Crippen LogP contribution in [0.5, 0.6) is 0 Å². The fraction of sp³-hybridized carbons (Fsp3) is 0.429. The molecular weight excluding hydrogens is 242 g/mol. The van der Waals surface area contributed by atoms with Crippen LogP contribution in [-0.2, 0) is 22.4 Å². The van der Waals surface area contributed by atoms with Gasteiger partial charge >= 0.3 is 0 Å². The van der Waals surface area contributed by atoms with Gasteiger partial charge in [-0.3, -0.25) is 9.59 Å². The molecule has 1 aliphatic rings. The Morgan fingerprint density at radius 2 is 2.21 bits per heavy atom. The molecule has 0 saturated heterocycles. The number of carbonyl (C=O) groups excluding carboxylic acids is 2. The van der Waals surface area contributed by atoms with E-state index in [-0.39, 0.29) is 18.4 Å². The smallest absolute Gasteiger partial charge is 0.247 e. The van der Waals surface area contributed by atoms with Gasteiger partial charge in [-0.2, -0.15) is 0 Å². The number of amides is 2. The van der Waals surface area contributed by atoms with Crippen molar-refractivity contribution < 1.29 is 9.59 Å². The minimum Gasteiger partial charge on any atom is -0.322 e. The van der Waals surface area contributed by atoms with Crippen LogP contribution in [0.25, 0.3) is 0 Å². The first kappa shape index (κ1) is 13.7. The third-order valence-electron chi connectivity index (χ3n) is 3.33. The van der Waals surface area contributed by atoms with Crippen LogP contribution < -0.4 is 16.0 Å². The molecule has 0 bridgehead atoms. The van der Waals surface area contributed by atoms with Crippen LogP contribution in [-0.4, -0.2) is 32.0 Å². The van der Waals surface area contributed by atoms with E-state index in [1.165, 1.54) is 10.5 Å². The molecular formula is C14H19N3O2. The number of fused-ring (bicyclic) bond motifs is 1. The fourth-order valence-electron chi connectivity index (χ4n) is 2.33. The summed E-state index contributed by atoms with van der Waals surface area (Å²) in [5, 5.41) is 3.10. The highest BCUT2D eigenvalue weighted by Gasteiger charge is 2.28. The van der Waals surface area contributed by atoms with E-state index < -0.39 is 0 Å². The Kier molecular flexibility index (Phi) is 4.29. The molecule has 0 aliphatic carbocycles. The second-order valence-corrected chi connectivity index (χ2v) is 4.64. The molecule has 2 rings (SSSR count). The van der Waals surface area contributed by atoms with Crippen molar-refractivity contribution in [1.82, 2.24) is 5.32 Å². The normalized spacial score (nSPS) is 14.4. The highest BCUT2D eigenvalue weighted by molar-refractivity contribution is 6.16. The van der Waals surface area contributed by atoms with Crippen molar-refractivity contribution >= 4 is 17.5 Å². The van der Waals surface area contributed by atoms with Crippen LogP contribution in [0.15, 0.2) is 18.2 Å². The largest absolute Gasteiger partial charge is 0.322 e. The zero-order valence-electron chi connectivity index (χ0n) is 11.1. The molecule has 0 radical (unpaired) electrons. The van der Waals surface area contributed by atoms with E-state index in [1.54, 1.807) is 0 Å². The van der Waals surface area contributed by atoms with Gasteiger partial charge in [0, 0.05) is 6.42 Å². The van der Waals surface area contributed by atoms with Gasteiger partial charge in [-0.15, -0.1) is 0 Å².